The van der Waals surface area contributed by atoms with Crippen LogP contribution in [0.3, 0.4) is 0 Å². The predicted molar refractivity (Wildman–Crippen MR) is 75.7 cm³/mol. The molecule has 0 aliphatic heterocycles. The van der Waals surface area contributed by atoms with Gasteiger partial charge < -0.3 is 5.32 Å². The molecule has 0 radical (unpaired) electrons. The summed E-state index contributed by atoms with van der Waals surface area (Å²) in [5.74, 6) is -1.08. The first-order valence-electron chi connectivity index (χ1n) is 6.41. The number of hydrogen-bond acceptors (Lipinski definition) is 5. The normalized spacial score (nSPS) is 11.2. The van der Waals surface area contributed by atoms with E-state index in [1.807, 2.05) is 18.2 Å². The number of anilines is 2. The number of halogens is 2. The first kappa shape index (κ1) is 12.6. The minimum absolute atomic E-state index is 0.0917. The van der Waals surface area contributed by atoms with E-state index < -0.39 is 11.6 Å². The average molecular weight is 298 g/mol. The quantitative estimate of drug-likeness (QED) is 0.616. The van der Waals surface area contributed by atoms with Crippen LogP contribution < -0.4 is 5.32 Å². The number of nitrogens with zero attached hydrogens (tertiary/aromatic N) is 5. The molecule has 8 heteroatoms. The van der Waals surface area contributed by atoms with Crippen LogP contribution in [0.15, 0.2) is 42.5 Å². The molecule has 108 valence electrons. The lowest BCUT2D eigenvalue weighted by atomic mass is 10.3. The topological polar surface area (TPSA) is 68.0 Å². The minimum atomic E-state index is -0.722. The second-order valence-corrected chi connectivity index (χ2v) is 4.61. The number of tetrazole rings is 1. The van der Waals surface area contributed by atoms with Crippen molar-refractivity contribution in [1.29, 1.82) is 0 Å². The number of hydrogen-bond donors (Lipinski definition) is 1. The molecule has 2 aromatic carbocycles. The van der Waals surface area contributed by atoms with Crippen LogP contribution >= 0.6 is 0 Å². The first-order chi connectivity index (χ1) is 10.7. The number of para-hydroxylation sites is 2. The van der Waals surface area contributed by atoms with Gasteiger partial charge in [0.2, 0.25) is 5.65 Å². The summed E-state index contributed by atoms with van der Waals surface area (Å²) in [5, 5.41) is 14.2. The number of aromatic nitrogens is 5. The number of benzene rings is 2. The van der Waals surface area contributed by atoms with E-state index >= 15 is 0 Å². The van der Waals surface area contributed by atoms with Crippen molar-refractivity contribution in [2.75, 3.05) is 5.32 Å². The lowest BCUT2D eigenvalue weighted by Gasteiger charge is -2.08. The van der Waals surface area contributed by atoms with Gasteiger partial charge in [0.1, 0.15) is 11.6 Å². The summed E-state index contributed by atoms with van der Waals surface area (Å²) < 4.78 is 28.3. The highest BCUT2D eigenvalue weighted by atomic mass is 19.1. The highest BCUT2D eigenvalue weighted by molar-refractivity contribution is 5.83. The molecular weight excluding hydrogens is 290 g/mol. The maximum atomic E-state index is 13.8. The van der Waals surface area contributed by atoms with Gasteiger partial charge in [0.15, 0.2) is 5.82 Å². The summed E-state index contributed by atoms with van der Waals surface area (Å²) in [7, 11) is 0. The van der Waals surface area contributed by atoms with Crippen molar-refractivity contribution in [3.63, 3.8) is 0 Å². The van der Waals surface area contributed by atoms with Crippen molar-refractivity contribution in [2.24, 2.45) is 0 Å². The summed E-state index contributed by atoms with van der Waals surface area (Å²) in [5.41, 5.74) is 1.82. The fourth-order valence-electron chi connectivity index (χ4n) is 2.21. The third kappa shape index (κ3) is 1.93. The second kappa shape index (κ2) is 4.69. The lowest BCUT2D eigenvalue weighted by molar-refractivity contribution is 0.586. The van der Waals surface area contributed by atoms with Gasteiger partial charge in [-0.15, -0.1) is 5.10 Å². The monoisotopic (exact) mass is 298 g/mol. The highest BCUT2D eigenvalue weighted by Gasteiger charge is 2.13. The van der Waals surface area contributed by atoms with E-state index in [0.29, 0.717) is 11.2 Å². The van der Waals surface area contributed by atoms with Gasteiger partial charge in [-0.05, 0) is 34.7 Å². The zero-order chi connectivity index (χ0) is 15.1. The Morgan fingerprint density at radius 2 is 1.91 bits per heavy atom. The molecule has 0 unspecified atom stereocenters. The fourth-order valence-corrected chi connectivity index (χ4v) is 2.21. The van der Waals surface area contributed by atoms with Crippen LogP contribution in [0.1, 0.15) is 0 Å². The molecule has 0 atom stereocenters. The molecule has 6 nitrogen and oxygen atoms in total. The molecule has 0 fully saturated rings. The summed E-state index contributed by atoms with van der Waals surface area (Å²) in [6, 6.07) is 10.5. The molecule has 4 aromatic rings. The zero-order valence-corrected chi connectivity index (χ0v) is 11.0. The molecule has 0 aliphatic carbocycles. The largest absolute Gasteiger partial charge is 0.335 e. The molecule has 0 amide bonds. The summed E-state index contributed by atoms with van der Waals surface area (Å²) in [4.78, 5) is 4.40. The molecule has 0 bridgehead atoms. The van der Waals surface area contributed by atoms with E-state index in [0.717, 1.165) is 17.6 Å². The average Bonchev–Trinajstić information content (AvgIpc) is 3.00. The Kier molecular flexibility index (Phi) is 2.68. The van der Waals surface area contributed by atoms with E-state index in [1.54, 1.807) is 6.07 Å². The van der Waals surface area contributed by atoms with Gasteiger partial charge in [-0.2, -0.15) is 4.52 Å². The van der Waals surface area contributed by atoms with Crippen molar-refractivity contribution in [3.05, 3.63) is 54.1 Å². The van der Waals surface area contributed by atoms with Gasteiger partial charge in [0.25, 0.3) is 0 Å². The van der Waals surface area contributed by atoms with E-state index in [9.17, 15) is 8.78 Å². The van der Waals surface area contributed by atoms with Crippen LogP contribution in [0.2, 0.25) is 0 Å². The van der Waals surface area contributed by atoms with Crippen molar-refractivity contribution < 1.29 is 8.78 Å². The lowest BCUT2D eigenvalue weighted by Crippen LogP contribution is -2.02. The van der Waals surface area contributed by atoms with Gasteiger partial charge >= 0.3 is 0 Å². The molecule has 1 N–H and O–H groups in total. The number of fused-ring (bicyclic) bond motifs is 3. The summed E-state index contributed by atoms with van der Waals surface area (Å²) in [6.45, 7) is 0. The van der Waals surface area contributed by atoms with Gasteiger partial charge in [-0.25, -0.2) is 13.8 Å². The van der Waals surface area contributed by atoms with Gasteiger partial charge in [-0.3, -0.25) is 0 Å². The Morgan fingerprint density at radius 1 is 1.05 bits per heavy atom. The van der Waals surface area contributed by atoms with Crippen LogP contribution in [0.25, 0.3) is 16.7 Å². The second-order valence-electron chi connectivity index (χ2n) is 4.61. The number of nitrogens with one attached hydrogen (secondary N) is 1. The molecule has 0 spiro atoms. The van der Waals surface area contributed by atoms with Crippen LogP contribution in [0.4, 0.5) is 20.3 Å². The molecule has 0 saturated carbocycles. The summed E-state index contributed by atoms with van der Waals surface area (Å²) in [6.07, 6.45) is 0. The van der Waals surface area contributed by atoms with Gasteiger partial charge in [-0.1, -0.05) is 12.1 Å². The molecular formula is C14H8F2N6. The minimum Gasteiger partial charge on any atom is -0.335 e. The van der Waals surface area contributed by atoms with Crippen LogP contribution in [-0.2, 0) is 0 Å². The van der Waals surface area contributed by atoms with E-state index in [4.69, 9.17) is 0 Å². The maximum absolute atomic E-state index is 13.8. The molecule has 4 rings (SSSR count). The van der Waals surface area contributed by atoms with Crippen LogP contribution in [-0.4, -0.2) is 25.0 Å². The first-order valence-corrected chi connectivity index (χ1v) is 6.41. The molecule has 0 aliphatic rings. The Labute approximate surface area is 122 Å². The zero-order valence-electron chi connectivity index (χ0n) is 11.0. The predicted octanol–water partition coefficient (Wildman–Crippen LogP) is 2.69. The van der Waals surface area contributed by atoms with Crippen LogP contribution in [0.5, 0.6) is 0 Å². The van der Waals surface area contributed by atoms with Crippen molar-refractivity contribution in [3.8, 4) is 0 Å². The van der Waals surface area contributed by atoms with Crippen LogP contribution in [0, 0.1) is 11.6 Å². The van der Waals surface area contributed by atoms with E-state index in [-0.39, 0.29) is 11.5 Å². The Hall–Kier alpha value is -3.16. The SMILES string of the molecule is Fc1ccc(Nc2nc3ccccc3n3nnnc23)c(F)c1. The standard InChI is InChI=1S/C14H8F2N6/c15-8-5-6-10(9(16)7-8)17-13-14-19-20-21-22(14)12-4-2-1-3-11(12)18-13/h1-7H,(H,17,18). The Bertz CT molecular complexity index is 997. The van der Waals surface area contributed by atoms with Gasteiger partial charge in [0.05, 0.1) is 16.7 Å². The van der Waals surface area contributed by atoms with Crippen molar-refractivity contribution >= 4 is 28.2 Å². The third-order valence-corrected chi connectivity index (χ3v) is 3.21. The van der Waals surface area contributed by atoms with E-state index in [2.05, 4.69) is 25.8 Å². The van der Waals surface area contributed by atoms with Crippen molar-refractivity contribution in [2.45, 2.75) is 0 Å². The van der Waals surface area contributed by atoms with Gasteiger partial charge in [0, 0.05) is 6.07 Å². The highest BCUT2D eigenvalue weighted by Crippen LogP contribution is 2.24. The molecule has 2 aromatic heterocycles. The number of rotatable bonds is 2. The van der Waals surface area contributed by atoms with E-state index in [1.165, 1.54) is 10.6 Å². The molecule has 0 saturated heterocycles. The molecule has 22 heavy (non-hydrogen) atoms. The third-order valence-electron chi connectivity index (χ3n) is 3.21. The summed E-state index contributed by atoms with van der Waals surface area (Å²) >= 11 is 0. The smallest absolute Gasteiger partial charge is 0.222 e. The Morgan fingerprint density at radius 3 is 2.77 bits per heavy atom. The molecule has 2 heterocycles. The maximum Gasteiger partial charge on any atom is 0.222 e. The Balaban J connectivity index is 1.91. The van der Waals surface area contributed by atoms with Crippen molar-refractivity contribution in [1.82, 2.24) is 25.0 Å². The fraction of sp³-hybridized carbons (Fsp3) is 0.